The molecule has 0 aliphatic heterocycles. The smallest absolute Gasteiger partial charge is 0.345 e. The molecule has 0 saturated carbocycles. The van der Waals surface area contributed by atoms with Crippen LogP contribution in [0.25, 0.3) is 0 Å². The molecule has 0 heterocycles. The topological polar surface area (TPSA) is 82.1 Å². The highest BCUT2D eigenvalue weighted by Crippen LogP contribution is 2.37. The fourth-order valence-corrected chi connectivity index (χ4v) is 1.12. The van der Waals surface area contributed by atoms with E-state index in [4.69, 9.17) is 9.47 Å². The Balaban J connectivity index is 3.21. The molecule has 6 heteroatoms. The molecule has 0 radical (unpaired) electrons. The molecule has 0 aliphatic rings. The van der Waals surface area contributed by atoms with Crippen molar-refractivity contribution in [1.29, 1.82) is 0 Å². The molecule has 0 atom stereocenters. The monoisotopic (exact) mass is 226 g/mol. The first-order chi connectivity index (χ1) is 7.63. The predicted molar refractivity (Wildman–Crippen MR) is 52.7 cm³/mol. The third kappa shape index (κ3) is 2.22. The van der Waals surface area contributed by atoms with Crippen LogP contribution in [-0.2, 0) is 9.53 Å². The van der Waals surface area contributed by atoms with E-state index in [0.717, 1.165) is 0 Å². The van der Waals surface area contributed by atoms with Crippen LogP contribution < -0.4 is 9.47 Å². The van der Waals surface area contributed by atoms with Crippen molar-refractivity contribution in [3.63, 3.8) is 0 Å². The summed E-state index contributed by atoms with van der Waals surface area (Å²) in [6.07, 6.45) is 0. The van der Waals surface area contributed by atoms with Gasteiger partial charge in [0.2, 0.25) is 5.75 Å². The van der Waals surface area contributed by atoms with Gasteiger partial charge in [0.1, 0.15) is 0 Å². The molecule has 0 aromatic heterocycles. The number of rotatable bonds is 4. The third-order valence-electron chi connectivity index (χ3n) is 1.87. The van der Waals surface area contributed by atoms with Gasteiger partial charge in [-0.1, -0.05) is 0 Å². The van der Waals surface area contributed by atoms with E-state index in [-0.39, 0.29) is 29.3 Å². The van der Waals surface area contributed by atoms with Crippen LogP contribution >= 0.6 is 0 Å². The maximum atomic E-state index is 11.2. The third-order valence-corrected chi connectivity index (χ3v) is 1.87. The van der Waals surface area contributed by atoms with Gasteiger partial charge in [0.15, 0.2) is 11.5 Å². The lowest BCUT2D eigenvalue weighted by Gasteiger charge is -2.09. The van der Waals surface area contributed by atoms with E-state index >= 15 is 0 Å². The lowest BCUT2D eigenvalue weighted by molar-refractivity contribution is -0.123. The molecular weight excluding hydrogens is 216 g/mol. The average molecular weight is 226 g/mol. The van der Waals surface area contributed by atoms with Crippen LogP contribution in [0.3, 0.4) is 0 Å². The van der Waals surface area contributed by atoms with Crippen molar-refractivity contribution in [2.75, 3.05) is 14.2 Å². The fraction of sp³-hybridized carbons (Fsp3) is 0.200. The van der Waals surface area contributed by atoms with Gasteiger partial charge in [-0.2, -0.15) is 0 Å². The Morgan fingerprint density at radius 2 is 1.75 bits per heavy atom. The highest BCUT2D eigenvalue weighted by atomic mass is 16.6. The molecule has 1 rings (SSSR count). The van der Waals surface area contributed by atoms with Crippen molar-refractivity contribution in [2.45, 2.75) is 0 Å². The second-order valence-electron chi connectivity index (χ2n) is 2.73. The van der Waals surface area contributed by atoms with Gasteiger partial charge >= 0.3 is 12.4 Å². The van der Waals surface area contributed by atoms with Crippen molar-refractivity contribution >= 4 is 12.4 Å². The van der Waals surface area contributed by atoms with Gasteiger partial charge in [-0.3, -0.25) is 4.79 Å². The second-order valence-corrected chi connectivity index (χ2v) is 2.73. The van der Waals surface area contributed by atoms with Gasteiger partial charge in [-0.05, 0) is 12.1 Å². The number of carbonyl (C=O) groups excluding carboxylic acids is 2. The van der Waals surface area contributed by atoms with Crippen LogP contribution in [0.1, 0.15) is 10.4 Å². The lowest BCUT2D eigenvalue weighted by atomic mass is 10.2. The van der Waals surface area contributed by atoms with Gasteiger partial charge in [0.05, 0.1) is 19.8 Å². The number of phenolic OH excluding ortho intramolecular Hbond substituents is 1. The minimum Gasteiger partial charge on any atom is -0.502 e. The van der Waals surface area contributed by atoms with Gasteiger partial charge in [0.25, 0.3) is 0 Å². The molecule has 0 spiro atoms. The summed E-state index contributed by atoms with van der Waals surface area (Å²) < 4.78 is 13.8. The van der Waals surface area contributed by atoms with Crippen LogP contribution in [0.4, 0.5) is 0 Å². The Morgan fingerprint density at radius 1 is 1.25 bits per heavy atom. The molecule has 1 aromatic carbocycles. The number of esters is 1. The predicted octanol–water partition coefficient (Wildman–Crippen LogP) is 0.723. The highest BCUT2D eigenvalue weighted by Gasteiger charge is 2.16. The molecule has 0 bridgehead atoms. The Kier molecular flexibility index (Phi) is 3.71. The van der Waals surface area contributed by atoms with E-state index < -0.39 is 5.97 Å². The maximum Gasteiger partial charge on any atom is 0.345 e. The molecule has 16 heavy (non-hydrogen) atoms. The van der Waals surface area contributed by atoms with Crippen molar-refractivity contribution in [3.8, 4) is 17.2 Å². The summed E-state index contributed by atoms with van der Waals surface area (Å²) in [4.78, 5) is 21.3. The first kappa shape index (κ1) is 11.8. The molecule has 6 nitrogen and oxygen atoms in total. The van der Waals surface area contributed by atoms with E-state index in [9.17, 15) is 14.7 Å². The number of hydrogen-bond acceptors (Lipinski definition) is 6. The van der Waals surface area contributed by atoms with E-state index in [1.807, 2.05) is 0 Å². The first-order valence-corrected chi connectivity index (χ1v) is 4.23. The highest BCUT2D eigenvalue weighted by molar-refractivity contribution is 5.94. The van der Waals surface area contributed by atoms with Crippen LogP contribution in [0.5, 0.6) is 17.2 Å². The molecular formula is C10H10O6. The average Bonchev–Trinajstić information content (AvgIpc) is 2.29. The summed E-state index contributed by atoms with van der Waals surface area (Å²) >= 11 is 0. The number of aromatic hydroxyl groups is 1. The van der Waals surface area contributed by atoms with Crippen LogP contribution in [0, 0.1) is 0 Å². The molecule has 0 saturated heterocycles. The zero-order chi connectivity index (χ0) is 12.1. The Bertz CT molecular complexity index is 387. The Morgan fingerprint density at radius 3 is 2.12 bits per heavy atom. The Labute approximate surface area is 91.3 Å². The maximum absolute atomic E-state index is 11.2. The zero-order valence-electron chi connectivity index (χ0n) is 8.72. The molecule has 0 aliphatic carbocycles. The van der Waals surface area contributed by atoms with E-state index in [2.05, 4.69) is 4.74 Å². The summed E-state index contributed by atoms with van der Waals surface area (Å²) in [6, 6.07) is 2.48. The summed E-state index contributed by atoms with van der Waals surface area (Å²) in [5.41, 5.74) is 0.0404. The van der Waals surface area contributed by atoms with Crippen molar-refractivity contribution < 1.29 is 28.9 Å². The minimum atomic E-state index is -0.855. The number of methoxy groups -OCH3 is 2. The standard InChI is InChI=1S/C10H10O6/c1-14-7-3-6(10(13)16-5-11)4-8(15-2)9(7)12/h3-5,12H,1-2H3. The number of hydrogen-bond donors (Lipinski definition) is 1. The zero-order valence-corrected chi connectivity index (χ0v) is 8.72. The minimum absolute atomic E-state index is 0.0220. The van der Waals surface area contributed by atoms with Crippen molar-refractivity contribution in [1.82, 2.24) is 0 Å². The summed E-state index contributed by atoms with van der Waals surface area (Å²) in [5.74, 6) is -0.978. The Hall–Kier alpha value is -2.24. The van der Waals surface area contributed by atoms with E-state index in [1.54, 1.807) is 0 Å². The van der Waals surface area contributed by atoms with Crippen molar-refractivity contribution in [3.05, 3.63) is 17.7 Å². The number of carbonyl (C=O) groups is 2. The van der Waals surface area contributed by atoms with Crippen LogP contribution in [-0.4, -0.2) is 31.8 Å². The molecule has 86 valence electrons. The fourth-order valence-electron chi connectivity index (χ4n) is 1.12. The van der Waals surface area contributed by atoms with Gasteiger partial charge in [-0.25, -0.2) is 4.79 Å². The number of phenols is 1. The molecule has 0 unspecified atom stereocenters. The number of ether oxygens (including phenoxy) is 3. The number of benzene rings is 1. The SMILES string of the molecule is COc1cc(C(=O)OC=O)cc(OC)c1O. The van der Waals surface area contributed by atoms with Gasteiger partial charge in [0, 0.05) is 0 Å². The molecule has 0 fully saturated rings. The molecule has 1 N–H and O–H groups in total. The van der Waals surface area contributed by atoms with E-state index in [1.165, 1.54) is 26.4 Å². The summed E-state index contributed by atoms with van der Waals surface area (Å²) in [7, 11) is 2.65. The lowest BCUT2D eigenvalue weighted by Crippen LogP contribution is -2.04. The molecule has 1 aromatic rings. The normalized spacial score (nSPS) is 9.38. The second kappa shape index (κ2) is 5.01. The summed E-state index contributed by atoms with van der Waals surface area (Å²) in [6.45, 7) is 0.0220. The van der Waals surface area contributed by atoms with Gasteiger partial charge in [-0.15, -0.1) is 0 Å². The first-order valence-electron chi connectivity index (χ1n) is 4.23. The van der Waals surface area contributed by atoms with Gasteiger partial charge < -0.3 is 19.3 Å². The largest absolute Gasteiger partial charge is 0.502 e. The summed E-state index contributed by atoms with van der Waals surface area (Å²) in [5, 5.41) is 9.55. The van der Waals surface area contributed by atoms with Crippen LogP contribution in [0.15, 0.2) is 12.1 Å². The molecule has 0 amide bonds. The quantitative estimate of drug-likeness (QED) is 0.463. The van der Waals surface area contributed by atoms with E-state index in [0.29, 0.717) is 0 Å². The van der Waals surface area contributed by atoms with Crippen molar-refractivity contribution in [2.24, 2.45) is 0 Å². The van der Waals surface area contributed by atoms with Crippen LogP contribution in [0.2, 0.25) is 0 Å².